The van der Waals surface area contributed by atoms with E-state index in [1.165, 1.54) is 0 Å². The van der Waals surface area contributed by atoms with Crippen LogP contribution in [0, 0.1) is 0 Å². The molecule has 4 heteroatoms. The Kier molecular flexibility index (Phi) is 4.79. The summed E-state index contributed by atoms with van der Waals surface area (Å²) in [4.78, 5) is 12.0. The number of rotatable bonds is 4. The average molecular weight is 334 g/mol. The molecule has 0 spiro atoms. The third-order valence-electron chi connectivity index (χ3n) is 3.05. The van der Waals surface area contributed by atoms with Crippen molar-refractivity contribution in [1.82, 2.24) is 5.32 Å². The third-order valence-corrected chi connectivity index (χ3v) is 3.77. The number of hydrogen-bond donors (Lipinski definition) is 2. The van der Waals surface area contributed by atoms with Crippen molar-refractivity contribution >= 4 is 21.8 Å². The van der Waals surface area contributed by atoms with E-state index in [4.69, 9.17) is 0 Å². The lowest BCUT2D eigenvalue weighted by Gasteiger charge is -2.16. The maximum Gasteiger partial charge on any atom is 0.224 e. The van der Waals surface area contributed by atoms with Crippen molar-refractivity contribution in [2.45, 2.75) is 19.4 Å². The zero-order valence-corrected chi connectivity index (χ0v) is 12.7. The fourth-order valence-electron chi connectivity index (χ4n) is 2.00. The summed E-state index contributed by atoms with van der Waals surface area (Å²) in [5, 5.41) is 12.2. The summed E-state index contributed by atoms with van der Waals surface area (Å²) in [6, 6.07) is 14.4. The first-order chi connectivity index (χ1) is 9.56. The van der Waals surface area contributed by atoms with E-state index in [9.17, 15) is 9.90 Å². The molecule has 1 amide bonds. The number of carbonyl (C=O) groups is 1. The van der Waals surface area contributed by atoms with Gasteiger partial charge in [-0.15, -0.1) is 0 Å². The second-order valence-corrected chi connectivity index (χ2v) is 5.51. The van der Waals surface area contributed by atoms with Gasteiger partial charge in [-0.05, 0) is 36.2 Å². The highest BCUT2D eigenvalue weighted by atomic mass is 79.9. The summed E-state index contributed by atoms with van der Waals surface area (Å²) in [5.74, 6) is 0.162. The van der Waals surface area contributed by atoms with Crippen LogP contribution in [0.4, 0.5) is 0 Å². The highest BCUT2D eigenvalue weighted by molar-refractivity contribution is 9.10. The Morgan fingerprint density at radius 3 is 2.50 bits per heavy atom. The molecule has 0 aliphatic heterocycles. The number of phenols is 1. The van der Waals surface area contributed by atoms with Crippen molar-refractivity contribution in [3.05, 3.63) is 64.1 Å². The Balaban J connectivity index is 1.98. The van der Waals surface area contributed by atoms with Gasteiger partial charge in [0.05, 0.1) is 12.5 Å². The van der Waals surface area contributed by atoms with Crippen LogP contribution < -0.4 is 5.32 Å². The highest BCUT2D eigenvalue weighted by Gasteiger charge is 2.12. The summed E-state index contributed by atoms with van der Waals surface area (Å²) >= 11 is 3.48. The van der Waals surface area contributed by atoms with E-state index in [0.29, 0.717) is 6.42 Å². The lowest BCUT2D eigenvalue weighted by molar-refractivity contribution is -0.121. The zero-order chi connectivity index (χ0) is 14.5. The molecule has 0 aromatic heterocycles. The molecule has 104 valence electrons. The Labute approximate surface area is 126 Å². The average Bonchev–Trinajstić information content (AvgIpc) is 2.41. The molecule has 2 aromatic rings. The lowest BCUT2D eigenvalue weighted by atomic mass is 10.1. The topological polar surface area (TPSA) is 49.3 Å². The smallest absolute Gasteiger partial charge is 0.224 e. The van der Waals surface area contributed by atoms with Gasteiger partial charge in [0.1, 0.15) is 5.75 Å². The lowest BCUT2D eigenvalue weighted by Crippen LogP contribution is -2.28. The van der Waals surface area contributed by atoms with Crippen LogP contribution in [-0.2, 0) is 11.2 Å². The molecule has 2 aromatic carbocycles. The van der Waals surface area contributed by atoms with Crippen LogP contribution in [0.2, 0.25) is 0 Å². The van der Waals surface area contributed by atoms with Crippen molar-refractivity contribution in [3.8, 4) is 5.75 Å². The number of aromatic hydroxyl groups is 1. The quantitative estimate of drug-likeness (QED) is 0.898. The molecular weight excluding hydrogens is 318 g/mol. The second kappa shape index (κ2) is 6.57. The maximum absolute atomic E-state index is 12.0. The van der Waals surface area contributed by atoms with Gasteiger partial charge in [0.15, 0.2) is 0 Å². The molecule has 1 unspecified atom stereocenters. The maximum atomic E-state index is 12.0. The van der Waals surface area contributed by atoms with E-state index in [1.807, 2.05) is 31.2 Å². The predicted octanol–water partition coefficient (Wildman–Crippen LogP) is 3.57. The predicted molar refractivity (Wildman–Crippen MR) is 82.5 cm³/mol. The van der Waals surface area contributed by atoms with Gasteiger partial charge in [-0.3, -0.25) is 4.79 Å². The fraction of sp³-hybridized carbons (Fsp3) is 0.188. The van der Waals surface area contributed by atoms with E-state index >= 15 is 0 Å². The molecule has 1 atom stereocenters. The minimum atomic E-state index is -0.0600. The van der Waals surface area contributed by atoms with Crippen molar-refractivity contribution in [3.63, 3.8) is 0 Å². The molecule has 0 saturated carbocycles. The minimum absolute atomic E-state index is 0.0426. The van der Waals surface area contributed by atoms with Gasteiger partial charge in [-0.25, -0.2) is 0 Å². The summed E-state index contributed by atoms with van der Waals surface area (Å²) in [5.41, 5.74) is 1.92. The molecule has 2 N–H and O–H groups in total. The van der Waals surface area contributed by atoms with Gasteiger partial charge in [-0.2, -0.15) is 0 Å². The van der Waals surface area contributed by atoms with Crippen LogP contribution >= 0.6 is 15.9 Å². The van der Waals surface area contributed by atoms with Crippen molar-refractivity contribution in [2.24, 2.45) is 0 Å². The molecule has 0 aliphatic rings. The normalized spacial score (nSPS) is 11.9. The van der Waals surface area contributed by atoms with Gasteiger partial charge < -0.3 is 10.4 Å². The number of hydrogen-bond acceptors (Lipinski definition) is 2. The van der Waals surface area contributed by atoms with Crippen LogP contribution in [-0.4, -0.2) is 11.0 Å². The van der Waals surface area contributed by atoms with E-state index in [2.05, 4.69) is 21.2 Å². The molecular formula is C16H16BrNO2. The summed E-state index contributed by atoms with van der Waals surface area (Å²) in [6.45, 7) is 1.95. The third kappa shape index (κ3) is 3.84. The summed E-state index contributed by atoms with van der Waals surface area (Å²) in [6.07, 6.45) is 0.301. The molecule has 20 heavy (non-hydrogen) atoms. The van der Waals surface area contributed by atoms with Crippen LogP contribution in [0.25, 0.3) is 0 Å². The SMILES string of the molecule is CC(NC(=O)Cc1ccc(O)cc1)c1ccccc1Br. The Hall–Kier alpha value is -1.81. The molecule has 0 heterocycles. The molecule has 3 nitrogen and oxygen atoms in total. The zero-order valence-electron chi connectivity index (χ0n) is 11.1. The summed E-state index contributed by atoms with van der Waals surface area (Å²) < 4.78 is 0.984. The summed E-state index contributed by atoms with van der Waals surface area (Å²) in [7, 11) is 0. The fourth-order valence-corrected chi connectivity index (χ4v) is 2.62. The number of halogens is 1. The highest BCUT2D eigenvalue weighted by Crippen LogP contribution is 2.22. The van der Waals surface area contributed by atoms with Crippen molar-refractivity contribution < 1.29 is 9.90 Å². The largest absolute Gasteiger partial charge is 0.508 e. The van der Waals surface area contributed by atoms with Gasteiger partial charge in [0.25, 0.3) is 0 Å². The number of nitrogens with one attached hydrogen (secondary N) is 1. The van der Waals surface area contributed by atoms with Crippen LogP contribution in [0.1, 0.15) is 24.1 Å². The number of phenolic OH excluding ortho intramolecular Hbond substituents is 1. The first-order valence-electron chi connectivity index (χ1n) is 6.38. The van der Waals surface area contributed by atoms with Crippen LogP contribution in [0.15, 0.2) is 53.0 Å². The molecule has 0 bridgehead atoms. The molecule has 0 fully saturated rings. The number of carbonyl (C=O) groups excluding carboxylic acids is 1. The van der Waals surface area contributed by atoms with Crippen LogP contribution in [0.3, 0.4) is 0 Å². The molecule has 0 radical (unpaired) electrons. The van der Waals surface area contributed by atoms with E-state index in [-0.39, 0.29) is 17.7 Å². The second-order valence-electron chi connectivity index (χ2n) is 4.65. The molecule has 0 saturated heterocycles. The molecule has 0 aliphatic carbocycles. The van der Waals surface area contributed by atoms with E-state index in [0.717, 1.165) is 15.6 Å². The van der Waals surface area contributed by atoms with Gasteiger partial charge in [0, 0.05) is 4.47 Å². The van der Waals surface area contributed by atoms with Gasteiger partial charge in [0.2, 0.25) is 5.91 Å². The first kappa shape index (κ1) is 14.6. The Bertz CT molecular complexity index is 596. The molecule has 2 rings (SSSR count). The van der Waals surface area contributed by atoms with Crippen LogP contribution in [0.5, 0.6) is 5.75 Å². The standard InChI is InChI=1S/C16H16BrNO2/c1-11(14-4-2-3-5-15(14)17)18-16(20)10-12-6-8-13(19)9-7-12/h2-9,11,19H,10H2,1H3,(H,18,20). The van der Waals surface area contributed by atoms with E-state index < -0.39 is 0 Å². The van der Waals surface area contributed by atoms with Crippen molar-refractivity contribution in [2.75, 3.05) is 0 Å². The van der Waals surface area contributed by atoms with Gasteiger partial charge in [-0.1, -0.05) is 46.3 Å². The Morgan fingerprint density at radius 1 is 1.20 bits per heavy atom. The number of benzene rings is 2. The van der Waals surface area contributed by atoms with Gasteiger partial charge >= 0.3 is 0 Å². The van der Waals surface area contributed by atoms with E-state index in [1.54, 1.807) is 24.3 Å². The minimum Gasteiger partial charge on any atom is -0.508 e. The first-order valence-corrected chi connectivity index (χ1v) is 7.17. The number of amides is 1. The van der Waals surface area contributed by atoms with Crippen molar-refractivity contribution in [1.29, 1.82) is 0 Å². The monoisotopic (exact) mass is 333 g/mol. The Morgan fingerprint density at radius 2 is 1.85 bits per heavy atom.